The number of carbonyl (C=O) groups excluding carboxylic acids is 1. The molecule has 0 saturated carbocycles. The van der Waals surface area contributed by atoms with E-state index in [1.54, 1.807) is 29.2 Å². The van der Waals surface area contributed by atoms with Crippen molar-refractivity contribution in [2.75, 3.05) is 13.1 Å². The van der Waals surface area contributed by atoms with Gasteiger partial charge in [0.1, 0.15) is 5.75 Å². The molecule has 0 unspecified atom stereocenters. The van der Waals surface area contributed by atoms with Crippen LogP contribution in [0.3, 0.4) is 0 Å². The Morgan fingerprint density at radius 3 is 2.42 bits per heavy atom. The van der Waals surface area contributed by atoms with E-state index in [1.807, 2.05) is 0 Å². The van der Waals surface area contributed by atoms with Gasteiger partial charge in [-0.15, -0.1) is 0 Å². The largest absolute Gasteiger partial charge is 0.426 e. The van der Waals surface area contributed by atoms with Crippen molar-refractivity contribution in [2.24, 2.45) is 11.7 Å². The first-order valence-corrected chi connectivity index (χ1v) is 6.50. The highest BCUT2D eigenvalue weighted by Crippen LogP contribution is 2.21. The number of piperidine rings is 1. The van der Waals surface area contributed by atoms with Crippen LogP contribution in [0.1, 0.15) is 12.8 Å². The monoisotopic (exact) mass is 281 g/mol. The van der Waals surface area contributed by atoms with Gasteiger partial charge in [-0.25, -0.2) is 0 Å². The van der Waals surface area contributed by atoms with Crippen LogP contribution in [0.2, 0.25) is 5.02 Å². The SMILES string of the molecule is N=C(N)N1CCC(C(=O)Oc2ccc(Cl)cc2)CC1. The molecule has 1 aromatic carbocycles. The molecule has 0 aromatic heterocycles. The number of nitrogens with one attached hydrogen (secondary N) is 1. The summed E-state index contributed by atoms with van der Waals surface area (Å²) in [6.45, 7) is 1.24. The zero-order chi connectivity index (χ0) is 13.8. The van der Waals surface area contributed by atoms with Crippen LogP contribution in [0.15, 0.2) is 24.3 Å². The second-order valence-corrected chi connectivity index (χ2v) is 4.96. The predicted molar refractivity (Wildman–Crippen MR) is 73.3 cm³/mol. The minimum atomic E-state index is -0.231. The number of benzene rings is 1. The Hall–Kier alpha value is -1.75. The lowest BCUT2D eigenvalue weighted by molar-refractivity contribution is -0.140. The molecule has 19 heavy (non-hydrogen) atoms. The molecule has 0 radical (unpaired) electrons. The van der Waals surface area contributed by atoms with Gasteiger partial charge in [-0.1, -0.05) is 11.6 Å². The van der Waals surface area contributed by atoms with Crippen LogP contribution in [0.5, 0.6) is 5.75 Å². The molecule has 0 aliphatic carbocycles. The van der Waals surface area contributed by atoms with Gasteiger partial charge >= 0.3 is 5.97 Å². The van der Waals surface area contributed by atoms with Gasteiger partial charge in [-0.05, 0) is 37.1 Å². The molecule has 1 heterocycles. The molecule has 1 aliphatic heterocycles. The number of nitrogens with zero attached hydrogens (tertiary/aromatic N) is 1. The van der Waals surface area contributed by atoms with E-state index in [-0.39, 0.29) is 17.8 Å². The van der Waals surface area contributed by atoms with E-state index in [4.69, 9.17) is 27.5 Å². The average Bonchev–Trinajstić information content (AvgIpc) is 2.41. The zero-order valence-electron chi connectivity index (χ0n) is 10.4. The van der Waals surface area contributed by atoms with E-state index in [0.29, 0.717) is 36.7 Å². The first-order chi connectivity index (χ1) is 9.06. The van der Waals surface area contributed by atoms with Gasteiger partial charge in [0.15, 0.2) is 5.96 Å². The van der Waals surface area contributed by atoms with Gasteiger partial charge in [-0.3, -0.25) is 10.2 Å². The molecule has 0 amide bonds. The Balaban J connectivity index is 1.88. The quantitative estimate of drug-likeness (QED) is 0.375. The van der Waals surface area contributed by atoms with E-state index in [9.17, 15) is 4.79 Å². The number of esters is 1. The molecular formula is C13H16ClN3O2. The molecule has 3 N–H and O–H groups in total. The zero-order valence-corrected chi connectivity index (χ0v) is 11.2. The lowest BCUT2D eigenvalue weighted by Crippen LogP contribution is -2.44. The molecule has 0 atom stereocenters. The van der Waals surface area contributed by atoms with Gasteiger partial charge in [-0.2, -0.15) is 0 Å². The Bertz CT molecular complexity index is 467. The van der Waals surface area contributed by atoms with Crippen molar-refractivity contribution in [3.8, 4) is 5.75 Å². The van der Waals surface area contributed by atoms with Crippen LogP contribution in [0.25, 0.3) is 0 Å². The topological polar surface area (TPSA) is 79.4 Å². The normalized spacial score (nSPS) is 16.2. The van der Waals surface area contributed by atoms with Crippen molar-refractivity contribution < 1.29 is 9.53 Å². The Kier molecular flexibility index (Phi) is 4.27. The molecule has 0 spiro atoms. The molecule has 1 aromatic rings. The summed E-state index contributed by atoms with van der Waals surface area (Å²) in [5.74, 6) is 0.199. The molecule has 102 valence electrons. The van der Waals surface area contributed by atoms with Gasteiger partial charge < -0.3 is 15.4 Å². The smallest absolute Gasteiger partial charge is 0.314 e. The van der Waals surface area contributed by atoms with Crippen LogP contribution in [0.4, 0.5) is 0 Å². The van der Waals surface area contributed by atoms with Crippen molar-refractivity contribution in [1.82, 2.24) is 4.90 Å². The fourth-order valence-electron chi connectivity index (χ4n) is 2.06. The van der Waals surface area contributed by atoms with Crippen molar-refractivity contribution in [2.45, 2.75) is 12.8 Å². The summed E-state index contributed by atoms with van der Waals surface area (Å²) < 4.78 is 5.30. The highest BCUT2D eigenvalue weighted by atomic mass is 35.5. The maximum atomic E-state index is 12.0. The summed E-state index contributed by atoms with van der Waals surface area (Å²) in [7, 11) is 0. The Morgan fingerprint density at radius 2 is 1.89 bits per heavy atom. The van der Waals surface area contributed by atoms with Gasteiger partial charge in [0.2, 0.25) is 0 Å². The molecule has 1 fully saturated rings. The second kappa shape index (κ2) is 5.93. The van der Waals surface area contributed by atoms with Crippen LogP contribution >= 0.6 is 11.6 Å². The minimum absolute atomic E-state index is 0.0597. The lowest BCUT2D eigenvalue weighted by atomic mass is 9.97. The van der Waals surface area contributed by atoms with E-state index in [0.717, 1.165) is 0 Å². The molecule has 6 heteroatoms. The third-order valence-corrected chi connectivity index (χ3v) is 3.45. The van der Waals surface area contributed by atoms with Crippen LogP contribution in [0, 0.1) is 11.3 Å². The number of carbonyl (C=O) groups is 1. The third kappa shape index (κ3) is 3.61. The number of hydrogen-bond acceptors (Lipinski definition) is 3. The number of hydrogen-bond donors (Lipinski definition) is 2. The van der Waals surface area contributed by atoms with E-state index >= 15 is 0 Å². The number of likely N-dealkylation sites (tertiary alicyclic amines) is 1. The molecule has 0 bridgehead atoms. The van der Waals surface area contributed by atoms with Crippen molar-refractivity contribution in [3.63, 3.8) is 0 Å². The number of rotatable bonds is 2. The summed E-state index contributed by atoms with van der Waals surface area (Å²) >= 11 is 5.76. The minimum Gasteiger partial charge on any atom is -0.426 e. The highest BCUT2D eigenvalue weighted by Gasteiger charge is 2.26. The van der Waals surface area contributed by atoms with Crippen LogP contribution < -0.4 is 10.5 Å². The lowest BCUT2D eigenvalue weighted by Gasteiger charge is -2.30. The number of ether oxygens (including phenoxy) is 1. The summed E-state index contributed by atoms with van der Waals surface area (Å²) in [6, 6.07) is 6.71. The summed E-state index contributed by atoms with van der Waals surface area (Å²) in [5, 5.41) is 7.94. The van der Waals surface area contributed by atoms with Crippen molar-refractivity contribution in [1.29, 1.82) is 5.41 Å². The average molecular weight is 282 g/mol. The molecule has 1 saturated heterocycles. The number of halogens is 1. The Morgan fingerprint density at radius 1 is 1.32 bits per heavy atom. The maximum absolute atomic E-state index is 12.0. The third-order valence-electron chi connectivity index (χ3n) is 3.20. The summed E-state index contributed by atoms with van der Waals surface area (Å²) in [6.07, 6.45) is 1.32. The van der Waals surface area contributed by atoms with Crippen molar-refractivity contribution >= 4 is 23.5 Å². The molecule has 5 nitrogen and oxygen atoms in total. The summed E-state index contributed by atoms with van der Waals surface area (Å²) in [5.41, 5.74) is 5.41. The summed E-state index contributed by atoms with van der Waals surface area (Å²) in [4.78, 5) is 13.7. The first-order valence-electron chi connectivity index (χ1n) is 6.12. The van der Waals surface area contributed by atoms with E-state index in [2.05, 4.69) is 0 Å². The van der Waals surface area contributed by atoms with Crippen LogP contribution in [-0.2, 0) is 4.79 Å². The molecule has 1 aliphatic rings. The Labute approximate surface area is 116 Å². The standard InChI is InChI=1S/C13H16ClN3O2/c14-10-1-3-11(4-2-10)19-12(18)9-5-7-17(8-6-9)13(15)16/h1-4,9H,5-8H2,(H3,15,16). The van der Waals surface area contributed by atoms with Gasteiger partial charge in [0.05, 0.1) is 5.92 Å². The fourth-order valence-corrected chi connectivity index (χ4v) is 2.18. The van der Waals surface area contributed by atoms with Gasteiger partial charge in [0.25, 0.3) is 0 Å². The van der Waals surface area contributed by atoms with E-state index in [1.165, 1.54) is 0 Å². The first kappa shape index (κ1) is 13.7. The van der Waals surface area contributed by atoms with Crippen LogP contribution in [-0.4, -0.2) is 29.9 Å². The van der Waals surface area contributed by atoms with Crippen molar-refractivity contribution in [3.05, 3.63) is 29.3 Å². The number of nitrogens with two attached hydrogens (primary N) is 1. The van der Waals surface area contributed by atoms with E-state index < -0.39 is 0 Å². The number of guanidine groups is 1. The predicted octanol–water partition coefficient (Wildman–Crippen LogP) is 1.85. The molecule has 2 rings (SSSR count). The second-order valence-electron chi connectivity index (χ2n) is 4.52. The van der Waals surface area contributed by atoms with Gasteiger partial charge in [0, 0.05) is 18.1 Å². The maximum Gasteiger partial charge on any atom is 0.314 e. The highest BCUT2D eigenvalue weighted by molar-refractivity contribution is 6.30. The fraction of sp³-hybridized carbons (Fsp3) is 0.385. The molecular weight excluding hydrogens is 266 g/mol.